The van der Waals surface area contributed by atoms with Gasteiger partial charge in [-0.05, 0) is 38.5 Å². The molecule has 3 aliphatic heterocycles. The first kappa shape index (κ1) is 17.7. The minimum atomic E-state index is -0.934. The van der Waals surface area contributed by atoms with Crippen molar-refractivity contribution in [1.29, 1.82) is 0 Å². The lowest BCUT2D eigenvalue weighted by molar-refractivity contribution is -0.136. The maximum Gasteiger partial charge on any atom is 0.262 e. The monoisotopic (exact) mass is 370 g/mol. The number of piperidine rings is 1. The minimum absolute atomic E-state index is 0.116. The fraction of sp³-hybridized carbons (Fsp3) is 0.474. The number of hydrogen-bond donors (Lipinski definition) is 2. The Labute approximate surface area is 156 Å². The summed E-state index contributed by atoms with van der Waals surface area (Å²) >= 11 is 0. The second-order valence-corrected chi connectivity index (χ2v) is 7.49. The van der Waals surface area contributed by atoms with Crippen LogP contribution in [0.25, 0.3) is 0 Å². The molecule has 3 aliphatic rings. The summed E-state index contributed by atoms with van der Waals surface area (Å²) in [4.78, 5) is 52.4. The molecule has 0 aromatic heterocycles. The van der Waals surface area contributed by atoms with Crippen LogP contribution in [0.1, 0.15) is 47.4 Å². The smallest absolute Gasteiger partial charge is 0.262 e. The molecule has 0 bridgehead atoms. The summed E-state index contributed by atoms with van der Waals surface area (Å²) in [6.07, 6.45) is 0.278. The van der Waals surface area contributed by atoms with Crippen molar-refractivity contribution in [2.75, 3.05) is 18.0 Å². The predicted octanol–water partition coefficient (Wildman–Crippen LogP) is 0.274. The van der Waals surface area contributed by atoms with Gasteiger partial charge in [-0.1, -0.05) is 0 Å². The Morgan fingerprint density at radius 3 is 2.52 bits per heavy atom. The number of benzene rings is 1. The third-order valence-corrected chi connectivity index (χ3v) is 5.52. The van der Waals surface area contributed by atoms with E-state index < -0.39 is 23.8 Å². The number of hydrogen-bond acceptors (Lipinski definition) is 6. The van der Waals surface area contributed by atoms with E-state index >= 15 is 0 Å². The second kappa shape index (κ2) is 6.45. The fourth-order valence-electron chi connectivity index (χ4n) is 4.02. The van der Waals surface area contributed by atoms with Crippen LogP contribution in [-0.4, -0.2) is 59.7 Å². The molecular formula is C19H22N4O4. The van der Waals surface area contributed by atoms with E-state index in [0.717, 1.165) is 23.7 Å². The highest BCUT2D eigenvalue weighted by Gasteiger charge is 2.44. The number of carbonyl (C=O) groups is 4. The zero-order valence-electron chi connectivity index (χ0n) is 15.3. The molecule has 2 saturated heterocycles. The number of amides is 4. The van der Waals surface area contributed by atoms with Gasteiger partial charge in [0.1, 0.15) is 6.04 Å². The Hall–Kier alpha value is -2.74. The zero-order chi connectivity index (χ0) is 19.3. The lowest BCUT2D eigenvalue weighted by Gasteiger charge is -2.39. The summed E-state index contributed by atoms with van der Waals surface area (Å²) in [5, 5.41) is 5.62. The topological polar surface area (TPSA) is 98.8 Å². The Balaban J connectivity index is 1.64. The van der Waals surface area contributed by atoms with Gasteiger partial charge in [-0.2, -0.15) is 0 Å². The summed E-state index contributed by atoms with van der Waals surface area (Å²) in [6.45, 7) is 5.85. The van der Waals surface area contributed by atoms with Crippen LogP contribution in [0, 0.1) is 0 Å². The van der Waals surface area contributed by atoms with Gasteiger partial charge in [0, 0.05) is 37.3 Å². The minimum Gasteiger partial charge on any atom is -0.366 e. The number of imide groups is 2. The van der Waals surface area contributed by atoms with Crippen molar-refractivity contribution in [3.05, 3.63) is 29.3 Å². The van der Waals surface area contributed by atoms with Gasteiger partial charge in [-0.15, -0.1) is 0 Å². The van der Waals surface area contributed by atoms with Gasteiger partial charge < -0.3 is 10.2 Å². The molecule has 0 saturated carbocycles. The van der Waals surface area contributed by atoms with Gasteiger partial charge in [-0.3, -0.25) is 29.4 Å². The molecule has 3 unspecified atom stereocenters. The van der Waals surface area contributed by atoms with E-state index in [1.807, 2.05) is 6.07 Å². The normalized spacial score (nSPS) is 28.4. The first-order chi connectivity index (χ1) is 12.9. The van der Waals surface area contributed by atoms with Crippen LogP contribution in [-0.2, 0) is 9.59 Å². The predicted molar refractivity (Wildman–Crippen MR) is 97.4 cm³/mol. The molecule has 3 heterocycles. The molecule has 142 valence electrons. The first-order valence-electron chi connectivity index (χ1n) is 9.22. The van der Waals surface area contributed by atoms with Crippen LogP contribution >= 0.6 is 0 Å². The zero-order valence-corrected chi connectivity index (χ0v) is 15.3. The quantitative estimate of drug-likeness (QED) is 0.726. The Morgan fingerprint density at radius 2 is 1.78 bits per heavy atom. The molecule has 2 fully saturated rings. The van der Waals surface area contributed by atoms with Crippen LogP contribution in [0.5, 0.6) is 0 Å². The highest BCUT2D eigenvalue weighted by molar-refractivity contribution is 6.23. The van der Waals surface area contributed by atoms with Crippen molar-refractivity contribution in [2.45, 2.75) is 44.8 Å². The van der Waals surface area contributed by atoms with Gasteiger partial charge in [-0.25, -0.2) is 0 Å². The third-order valence-electron chi connectivity index (χ3n) is 5.52. The van der Waals surface area contributed by atoms with Crippen LogP contribution < -0.4 is 15.5 Å². The van der Waals surface area contributed by atoms with E-state index in [1.165, 1.54) is 0 Å². The molecule has 3 atom stereocenters. The van der Waals surface area contributed by atoms with E-state index in [0.29, 0.717) is 17.2 Å². The first-order valence-corrected chi connectivity index (χ1v) is 9.22. The molecule has 0 radical (unpaired) electrons. The number of nitrogens with zero attached hydrogens (tertiary/aromatic N) is 2. The number of fused-ring (bicyclic) bond motifs is 1. The van der Waals surface area contributed by atoms with Gasteiger partial charge in [0.15, 0.2) is 0 Å². The van der Waals surface area contributed by atoms with Crippen molar-refractivity contribution < 1.29 is 19.2 Å². The third kappa shape index (κ3) is 2.90. The number of anilines is 1. The van der Waals surface area contributed by atoms with E-state index in [9.17, 15) is 19.2 Å². The fourth-order valence-corrected chi connectivity index (χ4v) is 4.02. The second-order valence-electron chi connectivity index (χ2n) is 7.49. The largest absolute Gasteiger partial charge is 0.366 e. The Morgan fingerprint density at radius 1 is 1.04 bits per heavy atom. The average Bonchev–Trinajstić information content (AvgIpc) is 2.88. The van der Waals surface area contributed by atoms with Gasteiger partial charge in [0.2, 0.25) is 11.8 Å². The van der Waals surface area contributed by atoms with Crippen molar-refractivity contribution in [2.24, 2.45) is 0 Å². The van der Waals surface area contributed by atoms with E-state index in [-0.39, 0.29) is 24.8 Å². The summed E-state index contributed by atoms with van der Waals surface area (Å²) in [5.74, 6) is -1.91. The molecule has 1 aromatic carbocycles. The lowest BCUT2D eigenvalue weighted by Crippen LogP contribution is -2.54. The summed E-state index contributed by atoms with van der Waals surface area (Å²) in [7, 11) is 0. The van der Waals surface area contributed by atoms with Crippen molar-refractivity contribution in [1.82, 2.24) is 15.5 Å². The van der Waals surface area contributed by atoms with Crippen LogP contribution in [0.15, 0.2) is 18.2 Å². The molecule has 2 N–H and O–H groups in total. The van der Waals surface area contributed by atoms with Gasteiger partial charge in [0.25, 0.3) is 11.8 Å². The summed E-state index contributed by atoms with van der Waals surface area (Å²) in [6, 6.07) is 4.92. The van der Waals surface area contributed by atoms with E-state index in [2.05, 4.69) is 29.4 Å². The molecular weight excluding hydrogens is 348 g/mol. The van der Waals surface area contributed by atoms with Crippen LogP contribution in [0.3, 0.4) is 0 Å². The molecule has 4 amide bonds. The van der Waals surface area contributed by atoms with Crippen molar-refractivity contribution in [3.63, 3.8) is 0 Å². The number of nitrogens with one attached hydrogen (secondary N) is 2. The number of rotatable bonds is 2. The summed E-state index contributed by atoms with van der Waals surface area (Å²) < 4.78 is 0. The van der Waals surface area contributed by atoms with Crippen molar-refractivity contribution >= 4 is 29.3 Å². The van der Waals surface area contributed by atoms with Crippen molar-refractivity contribution in [3.8, 4) is 0 Å². The van der Waals surface area contributed by atoms with Gasteiger partial charge >= 0.3 is 0 Å². The van der Waals surface area contributed by atoms with Crippen LogP contribution in [0.4, 0.5) is 5.69 Å². The molecule has 8 heteroatoms. The molecule has 27 heavy (non-hydrogen) atoms. The molecule has 1 aromatic rings. The standard InChI is InChI=1S/C19H22N4O4/c1-10-9-22(11(2)8-20-10)12-3-4-13-14(7-12)19(27)23(18(13)26)15-5-6-16(24)21-17(15)25/h3-4,7,10-11,15,20H,5-6,8-9H2,1-2H3,(H,21,24,25). The SMILES string of the molecule is CC1CN(c2ccc3c(c2)C(=O)N(C2CCC(=O)NC2=O)C3=O)C(C)CN1. The molecule has 0 spiro atoms. The Kier molecular flexibility index (Phi) is 4.22. The lowest BCUT2D eigenvalue weighted by atomic mass is 10.0. The van der Waals surface area contributed by atoms with E-state index in [1.54, 1.807) is 12.1 Å². The highest BCUT2D eigenvalue weighted by atomic mass is 16.2. The maximum atomic E-state index is 12.9. The number of carbonyl (C=O) groups excluding carboxylic acids is 4. The van der Waals surface area contributed by atoms with Crippen LogP contribution in [0.2, 0.25) is 0 Å². The Bertz CT molecular complexity index is 852. The molecule has 8 nitrogen and oxygen atoms in total. The van der Waals surface area contributed by atoms with Gasteiger partial charge in [0.05, 0.1) is 11.1 Å². The maximum absolute atomic E-state index is 12.9. The van der Waals surface area contributed by atoms with E-state index in [4.69, 9.17) is 0 Å². The summed E-state index contributed by atoms with van der Waals surface area (Å²) in [5.41, 5.74) is 1.52. The molecule has 0 aliphatic carbocycles. The average molecular weight is 370 g/mol. The molecule has 4 rings (SSSR count). The number of piperazine rings is 1. The highest BCUT2D eigenvalue weighted by Crippen LogP contribution is 2.31.